The summed E-state index contributed by atoms with van der Waals surface area (Å²) in [6.45, 7) is 0.668. The van der Waals surface area contributed by atoms with E-state index in [1.165, 1.54) is 25.3 Å². The fourth-order valence-electron chi connectivity index (χ4n) is 1.85. The van der Waals surface area contributed by atoms with Gasteiger partial charge in [-0.25, -0.2) is 9.37 Å². The Morgan fingerprint density at radius 3 is 2.74 bits per heavy atom. The minimum Gasteiger partial charge on any atom is -0.481 e. The summed E-state index contributed by atoms with van der Waals surface area (Å²) in [4.78, 5) is 8.09. The number of thiocarbonyl (C=S) groups is 1. The number of methoxy groups -OCH3 is 1. The van der Waals surface area contributed by atoms with Crippen LogP contribution in [0.2, 0.25) is 5.15 Å². The van der Waals surface area contributed by atoms with Crippen LogP contribution in [0.4, 0.5) is 10.3 Å². The minimum absolute atomic E-state index is 0.228. The molecule has 2 aromatic rings. The van der Waals surface area contributed by atoms with Gasteiger partial charge in [-0.15, -0.1) is 0 Å². The van der Waals surface area contributed by atoms with E-state index in [1.54, 1.807) is 12.1 Å². The van der Waals surface area contributed by atoms with Gasteiger partial charge in [0.2, 0.25) is 11.8 Å². The Morgan fingerprint density at radius 2 is 2.04 bits per heavy atom. The third-order valence-corrected chi connectivity index (χ3v) is 3.39. The number of benzene rings is 1. The summed E-state index contributed by atoms with van der Waals surface area (Å²) in [7, 11) is 1.49. The van der Waals surface area contributed by atoms with Crippen molar-refractivity contribution in [2.75, 3.05) is 19.0 Å². The highest BCUT2D eigenvalue weighted by Crippen LogP contribution is 2.15. The summed E-state index contributed by atoms with van der Waals surface area (Å²) >= 11 is 11.0. The largest absolute Gasteiger partial charge is 0.481 e. The van der Waals surface area contributed by atoms with Crippen LogP contribution >= 0.6 is 23.8 Å². The Hall–Kier alpha value is -1.99. The molecule has 0 spiro atoms. The smallest absolute Gasteiger partial charge is 0.233 e. The van der Waals surface area contributed by atoms with E-state index >= 15 is 0 Å². The zero-order chi connectivity index (χ0) is 16.7. The number of anilines is 1. The predicted molar refractivity (Wildman–Crippen MR) is 92.5 cm³/mol. The van der Waals surface area contributed by atoms with E-state index < -0.39 is 0 Å². The first kappa shape index (κ1) is 17.4. The van der Waals surface area contributed by atoms with Crippen LogP contribution < -0.4 is 15.4 Å². The highest BCUT2D eigenvalue weighted by atomic mass is 35.5. The van der Waals surface area contributed by atoms with Gasteiger partial charge in [0, 0.05) is 12.6 Å². The Morgan fingerprint density at radius 1 is 1.30 bits per heavy atom. The molecule has 1 aromatic carbocycles. The van der Waals surface area contributed by atoms with Gasteiger partial charge in [0.15, 0.2) is 5.11 Å². The van der Waals surface area contributed by atoms with Gasteiger partial charge in [-0.3, -0.25) is 0 Å². The van der Waals surface area contributed by atoms with Crippen LogP contribution in [0.15, 0.2) is 30.3 Å². The second kappa shape index (κ2) is 8.59. The molecule has 0 aliphatic heterocycles. The molecule has 0 radical (unpaired) electrons. The summed E-state index contributed by atoms with van der Waals surface area (Å²) in [5, 5.41) is 6.56. The lowest BCUT2D eigenvalue weighted by Crippen LogP contribution is -2.30. The molecule has 23 heavy (non-hydrogen) atoms. The molecule has 2 N–H and O–H groups in total. The third kappa shape index (κ3) is 5.96. The van der Waals surface area contributed by atoms with Crippen molar-refractivity contribution in [1.29, 1.82) is 0 Å². The number of halogens is 2. The standard InChI is InChI=1S/C15H16ClFN4OS/c1-22-13-9-12(16)19-14(20-13)21-15(23)18-8-2-3-10-4-6-11(17)7-5-10/h4-7,9H,2-3,8H2,1H3,(H2,18,19,20,21,23). The van der Waals surface area contributed by atoms with E-state index in [0.29, 0.717) is 17.5 Å². The number of nitrogens with one attached hydrogen (secondary N) is 2. The molecule has 0 fully saturated rings. The Balaban J connectivity index is 1.75. The van der Waals surface area contributed by atoms with E-state index in [0.717, 1.165) is 18.4 Å². The van der Waals surface area contributed by atoms with Crippen LogP contribution in [0, 0.1) is 5.82 Å². The van der Waals surface area contributed by atoms with Gasteiger partial charge in [-0.1, -0.05) is 23.7 Å². The van der Waals surface area contributed by atoms with Crippen molar-refractivity contribution >= 4 is 34.9 Å². The quantitative estimate of drug-likeness (QED) is 0.472. The molecule has 0 aliphatic rings. The normalized spacial score (nSPS) is 10.2. The van der Waals surface area contributed by atoms with Crippen molar-refractivity contribution in [2.45, 2.75) is 12.8 Å². The maximum absolute atomic E-state index is 12.8. The molecule has 0 unspecified atom stereocenters. The fraction of sp³-hybridized carbons (Fsp3) is 0.267. The number of hydrogen-bond donors (Lipinski definition) is 2. The number of ether oxygens (including phenoxy) is 1. The highest BCUT2D eigenvalue weighted by molar-refractivity contribution is 7.80. The number of aromatic nitrogens is 2. The van der Waals surface area contributed by atoms with Crippen LogP contribution in [0.1, 0.15) is 12.0 Å². The SMILES string of the molecule is COc1cc(Cl)nc(NC(=S)NCCCc2ccc(F)cc2)n1. The second-order valence-corrected chi connectivity index (χ2v) is 5.46. The maximum atomic E-state index is 12.8. The predicted octanol–water partition coefficient (Wildman–Crippen LogP) is 3.20. The Kier molecular flexibility index (Phi) is 6.49. The van der Waals surface area contributed by atoms with Gasteiger partial charge >= 0.3 is 0 Å². The molecule has 5 nitrogen and oxygen atoms in total. The number of rotatable bonds is 6. The molecule has 0 aliphatic carbocycles. The minimum atomic E-state index is -0.228. The highest BCUT2D eigenvalue weighted by Gasteiger charge is 2.05. The average Bonchev–Trinajstić information content (AvgIpc) is 2.52. The van der Waals surface area contributed by atoms with E-state index in [4.69, 9.17) is 28.6 Å². The summed E-state index contributed by atoms with van der Waals surface area (Å²) in [6.07, 6.45) is 1.69. The van der Waals surface area contributed by atoms with Gasteiger partial charge in [-0.05, 0) is 42.8 Å². The summed E-state index contributed by atoms with van der Waals surface area (Å²) in [5.41, 5.74) is 1.08. The maximum Gasteiger partial charge on any atom is 0.233 e. The third-order valence-electron chi connectivity index (χ3n) is 2.95. The molecule has 0 saturated heterocycles. The van der Waals surface area contributed by atoms with Crippen LogP contribution in [-0.4, -0.2) is 28.7 Å². The van der Waals surface area contributed by atoms with Crippen LogP contribution in [0.5, 0.6) is 5.88 Å². The van der Waals surface area contributed by atoms with Crippen molar-refractivity contribution in [1.82, 2.24) is 15.3 Å². The molecule has 1 aromatic heterocycles. The zero-order valence-corrected chi connectivity index (χ0v) is 14.0. The van der Waals surface area contributed by atoms with Gasteiger partial charge in [0.25, 0.3) is 0 Å². The molecular weight excluding hydrogens is 339 g/mol. The Bertz CT molecular complexity index is 669. The lowest BCUT2D eigenvalue weighted by atomic mass is 10.1. The van der Waals surface area contributed by atoms with E-state index in [1.807, 2.05) is 0 Å². The van der Waals surface area contributed by atoms with Crippen molar-refractivity contribution in [3.8, 4) is 5.88 Å². The molecular formula is C15H16ClFN4OS. The summed E-state index contributed by atoms with van der Waals surface area (Å²) < 4.78 is 17.8. The topological polar surface area (TPSA) is 59.1 Å². The fourth-order valence-corrected chi connectivity index (χ4v) is 2.22. The lowest BCUT2D eigenvalue weighted by molar-refractivity contribution is 0.397. The number of nitrogens with zero attached hydrogens (tertiary/aromatic N) is 2. The first-order chi connectivity index (χ1) is 11.1. The molecule has 122 valence electrons. The van der Waals surface area contributed by atoms with E-state index in [-0.39, 0.29) is 16.9 Å². The number of hydrogen-bond acceptors (Lipinski definition) is 4. The first-order valence-electron chi connectivity index (χ1n) is 6.94. The molecule has 2 rings (SSSR count). The average molecular weight is 355 g/mol. The zero-order valence-electron chi connectivity index (χ0n) is 12.5. The lowest BCUT2D eigenvalue weighted by Gasteiger charge is -2.10. The number of aryl methyl sites for hydroxylation is 1. The monoisotopic (exact) mass is 354 g/mol. The van der Waals surface area contributed by atoms with Gasteiger partial charge in [0.1, 0.15) is 11.0 Å². The van der Waals surface area contributed by atoms with E-state index in [9.17, 15) is 4.39 Å². The van der Waals surface area contributed by atoms with Crippen molar-refractivity contribution < 1.29 is 9.13 Å². The van der Waals surface area contributed by atoms with Crippen LogP contribution in [0.3, 0.4) is 0 Å². The molecule has 1 heterocycles. The van der Waals surface area contributed by atoms with Gasteiger partial charge in [0.05, 0.1) is 7.11 Å². The Labute approximate surface area is 144 Å². The molecule has 0 bridgehead atoms. The first-order valence-corrected chi connectivity index (χ1v) is 7.73. The molecule has 8 heteroatoms. The molecule has 0 amide bonds. The van der Waals surface area contributed by atoms with Crippen molar-refractivity contribution in [2.24, 2.45) is 0 Å². The summed E-state index contributed by atoms with van der Waals surface area (Å²) in [6, 6.07) is 7.97. The second-order valence-electron chi connectivity index (χ2n) is 4.67. The van der Waals surface area contributed by atoms with Gasteiger partial charge < -0.3 is 15.4 Å². The van der Waals surface area contributed by atoms with Crippen LogP contribution in [-0.2, 0) is 6.42 Å². The van der Waals surface area contributed by atoms with E-state index in [2.05, 4.69) is 20.6 Å². The van der Waals surface area contributed by atoms with Crippen molar-refractivity contribution in [3.63, 3.8) is 0 Å². The van der Waals surface area contributed by atoms with Gasteiger partial charge in [-0.2, -0.15) is 4.98 Å². The van der Waals surface area contributed by atoms with Crippen molar-refractivity contribution in [3.05, 3.63) is 46.9 Å². The molecule has 0 saturated carbocycles. The summed E-state index contributed by atoms with van der Waals surface area (Å²) in [5.74, 6) is 0.395. The molecule has 0 atom stereocenters. The van der Waals surface area contributed by atoms with Crippen LogP contribution in [0.25, 0.3) is 0 Å².